The number of ether oxygens (including phenoxy) is 3. The predicted molar refractivity (Wildman–Crippen MR) is 145 cm³/mol. The van der Waals surface area contributed by atoms with Crippen LogP contribution in [-0.2, 0) is 9.53 Å². The molecule has 0 bridgehead atoms. The van der Waals surface area contributed by atoms with Gasteiger partial charge in [-0.05, 0) is 56.2 Å². The van der Waals surface area contributed by atoms with Crippen LogP contribution in [0.1, 0.15) is 37.9 Å². The molecule has 0 fully saturated rings. The number of nitrogens with zero attached hydrogens (tertiary/aromatic N) is 2. The van der Waals surface area contributed by atoms with Crippen LogP contribution in [0.25, 0.3) is 6.08 Å². The number of allylic oxidation sites excluding steroid dienone is 1. The van der Waals surface area contributed by atoms with E-state index in [1.54, 1.807) is 50.3 Å². The smallest absolute Gasteiger partial charge is 0.338 e. The fourth-order valence-electron chi connectivity index (χ4n) is 4.08. The van der Waals surface area contributed by atoms with Gasteiger partial charge < -0.3 is 14.2 Å². The first-order valence-electron chi connectivity index (χ1n) is 11.8. The molecular weight excluding hydrogens is 512 g/mol. The summed E-state index contributed by atoms with van der Waals surface area (Å²) in [6.45, 7) is 10.0. The molecule has 4 rings (SSSR count). The highest BCUT2D eigenvalue weighted by molar-refractivity contribution is 7.07. The van der Waals surface area contributed by atoms with Crippen molar-refractivity contribution in [3.05, 3.63) is 102 Å². The van der Waals surface area contributed by atoms with Crippen molar-refractivity contribution in [3.63, 3.8) is 0 Å². The Kier molecular flexibility index (Phi) is 8.31. The zero-order valence-corrected chi connectivity index (χ0v) is 22.4. The lowest BCUT2D eigenvalue weighted by Crippen LogP contribution is -2.40. The minimum Gasteiger partial charge on any atom is -0.490 e. The van der Waals surface area contributed by atoms with Crippen molar-refractivity contribution < 1.29 is 19.0 Å². The van der Waals surface area contributed by atoms with Crippen molar-refractivity contribution in [2.75, 3.05) is 19.8 Å². The first-order valence-corrected chi connectivity index (χ1v) is 13.0. The summed E-state index contributed by atoms with van der Waals surface area (Å²) in [6.07, 6.45) is 3.43. The van der Waals surface area contributed by atoms with Gasteiger partial charge in [0.1, 0.15) is 12.6 Å². The molecule has 0 aliphatic carbocycles. The number of hydrogen-bond donors (Lipinski definition) is 0. The molecule has 1 aliphatic heterocycles. The molecule has 0 spiro atoms. The van der Waals surface area contributed by atoms with Gasteiger partial charge in [-0.25, -0.2) is 9.79 Å². The van der Waals surface area contributed by atoms with Gasteiger partial charge in [-0.2, -0.15) is 0 Å². The quantitative estimate of drug-likeness (QED) is 0.298. The Morgan fingerprint density at radius 1 is 1.16 bits per heavy atom. The van der Waals surface area contributed by atoms with Crippen molar-refractivity contribution in [1.82, 2.24) is 4.57 Å². The lowest BCUT2D eigenvalue weighted by molar-refractivity contribution is -0.139. The molecule has 37 heavy (non-hydrogen) atoms. The van der Waals surface area contributed by atoms with Crippen molar-refractivity contribution in [2.45, 2.75) is 26.8 Å². The number of thiazole rings is 1. The van der Waals surface area contributed by atoms with Gasteiger partial charge in [-0.3, -0.25) is 9.36 Å². The number of rotatable bonds is 9. The second-order valence-corrected chi connectivity index (χ2v) is 9.48. The number of halogens is 1. The summed E-state index contributed by atoms with van der Waals surface area (Å²) < 4.78 is 18.7. The maximum absolute atomic E-state index is 13.8. The van der Waals surface area contributed by atoms with E-state index in [9.17, 15) is 9.59 Å². The van der Waals surface area contributed by atoms with Gasteiger partial charge in [0.2, 0.25) is 0 Å². The lowest BCUT2D eigenvalue weighted by atomic mass is 9.96. The number of hydrogen-bond acceptors (Lipinski definition) is 7. The zero-order valence-electron chi connectivity index (χ0n) is 20.8. The van der Waals surface area contributed by atoms with Crippen LogP contribution in [0.3, 0.4) is 0 Å². The van der Waals surface area contributed by atoms with Crippen LogP contribution in [0.2, 0.25) is 5.02 Å². The molecule has 7 nitrogen and oxygen atoms in total. The van der Waals surface area contributed by atoms with Crippen LogP contribution in [-0.4, -0.2) is 30.4 Å². The topological polar surface area (TPSA) is 79.1 Å². The molecule has 1 aliphatic rings. The van der Waals surface area contributed by atoms with E-state index >= 15 is 0 Å². The van der Waals surface area contributed by atoms with E-state index in [1.807, 2.05) is 25.1 Å². The Hall–Kier alpha value is -3.62. The monoisotopic (exact) mass is 538 g/mol. The number of carbonyl (C=O) groups excluding carboxylic acids is 1. The highest BCUT2D eigenvalue weighted by atomic mass is 35.5. The number of esters is 1. The molecule has 3 aromatic rings. The van der Waals surface area contributed by atoms with Crippen LogP contribution in [0.15, 0.2) is 76.2 Å². The Labute approximate surface area is 223 Å². The van der Waals surface area contributed by atoms with E-state index in [1.165, 1.54) is 15.9 Å². The number of carbonyl (C=O) groups is 1. The SMILES string of the molecule is C=CCOc1ccc(C=c2sc3n(c2=O)C(c2ccccc2Cl)C(C(=O)OCC)=C(C)N=3)cc1OCC. The molecular formula is C28H27ClN2O5S. The van der Waals surface area contributed by atoms with Gasteiger partial charge in [0.25, 0.3) is 5.56 Å². The normalized spacial score (nSPS) is 15.1. The average molecular weight is 539 g/mol. The predicted octanol–water partition coefficient (Wildman–Crippen LogP) is 4.42. The van der Waals surface area contributed by atoms with E-state index in [2.05, 4.69) is 11.6 Å². The standard InChI is InChI=1S/C28H27ClN2O5S/c1-5-14-36-21-13-12-18(15-22(21)34-6-2)16-23-26(32)31-25(19-10-8-9-11-20(19)29)24(27(33)35-7-3)17(4)30-28(31)37-23/h5,8-13,15-16,25H,1,6-7,14H2,2-4H3. The number of aromatic nitrogens is 1. The Morgan fingerprint density at radius 3 is 2.65 bits per heavy atom. The Morgan fingerprint density at radius 2 is 1.95 bits per heavy atom. The molecule has 1 aromatic heterocycles. The molecule has 2 aromatic carbocycles. The highest BCUT2D eigenvalue weighted by Crippen LogP contribution is 2.34. The van der Waals surface area contributed by atoms with E-state index in [0.29, 0.717) is 50.3 Å². The fourth-order valence-corrected chi connectivity index (χ4v) is 5.37. The van der Waals surface area contributed by atoms with Gasteiger partial charge in [0.05, 0.1) is 29.0 Å². The largest absolute Gasteiger partial charge is 0.490 e. The third kappa shape index (κ3) is 5.40. The van der Waals surface area contributed by atoms with Crippen LogP contribution in [0, 0.1) is 0 Å². The molecule has 2 heterocycles. The van der Waals surface area contributed by atoms with E-state index in [0.717, 1.165) is 5.56 Å². The molecule has 0 amide bonds. The van der Waals surface area contributed by atoms with Crippen molar-refractivity contribution >= 4 is 35.0 Å². The lowest BCUT2D eigenvalue weighted by Gasteiger charge is -2.25. The summed E-state index contributed by atoms with van der Waals surface area (Å²) in [5.74, 6) is 0.633. The van der Waals surface area contributed by atoms with Crippen LogP contribution >= 0.6 is 22.9 Å². The number of fused-ring (bicyclic) bond motifs is 1. The highest BCUT2D eigenvalue weighted by Gasteiger charge is 2.34. The van der Waals surface area contributed by atoms with Crippen LogP contribution in [0.4, 0.5) is 0 Å². The fraction of sp³-hybridized carbons (Fsp3) is 0.250. The number of benzene rings is 2. The second kappa shape index (κ2) is 11.6. The molecule has 0 saturated heterocycles. The minimum atomic E-state index is -0.764. The molecule has 1 atom stereocenters. The maximum atomic E-state index is 13.8. The molecule has 9 heteroatoms. The molecule has 192 valence electrons. The van der Waals surface area contributed by atoms with Crippen LogP contribution < -0.4 is 24.4 Å². The van der Waals surface area contributed by atoms with E-state index < -0.39 is 12.0 Å². The third-order valence-electron chi connectivity index (χ3n) is 5.64. The first-order chi connectivity index (χ1) is 17.9. The Bertz CT molecular complexity index is 1550. The van der Waals surface area contributed by atoms with E-state index in [-0.39, 0.29) is 17.7 Å². The van der Waals surface area contributed by atoms with Crippen molar-refractivity contribution in [3.8, 4) is 11.5 Å². The summed E-state index contributed by atoms with van der Waals surface area (Å²) in [6, 6.07) is 11.9. The molecule has 0 saturated carbocycles. The van der Waals surface area contributed by atoms with Crippen molar-refractivity contribution in [1.29, 1.82) is 0 Å². The second-order valence-electron chi connectivity index (χ2n) is 8.06. The first kappa shape index (κ1) is 26.4. The van der Waals surface area contributed by atoms with Gasteiger partial charge in [-0.1, -0.05) is 59.9 Å². The molecule has 1 unspecified atom stereocenters. The zero-order chi connectivity index (χ0) is 26.5. The summed E-state index contributed by atoms with van der Waals surface area (Å²) in [7, 11) is 0. The van der Waals surface area contributed by atoms with Gasteiger partial charge in [0, 0.05) is 5.02 Å². The van der Waals surface area contributed by atoms with E-state index in [4.69, 9.17) is 25.8 Å². The Balaban J connectivity index is 1.89. The summed E-state index contributed by atoms with van der Waals surface area (Å²) in [5, 5.41) is 0.440. The summed E-state index contributed by atoms with van der Waals surface area (Å²) in [5.41, 5.74) is 1.87. The molecule has 0 N–H and O–H groups in total. The van der Waals surface area contributed by atoms with Gasteiger partial charge >= 0.3 is 5.97 Å². The van der Waals surface area contributed by atoms with Gasteiger partial charge in [0.15, 0.2) is 16.3 Å². The molecule has 0 radical (unpaired) electrons. The maximum Gasteiger partial charge on any atom is 0.338 e. The average Bonchev–Trinajstić information content (AvgIpc) is 3.17. The van der Waals surface area contributed by atoms with Crippen molar-refractivity contribution in [2.24, 2.45) is 4.99 Å². The minimum absolute atomic E-state index is 0.198. The summed E-state index contributed by atoms with van der Waals surface area (Å²) >= 11 is 7.79. The third-order valence-corrected chi connectivity index (χ3v) is 6.97. The summed E-state index contributed by atoms with van der Waals surface area (Å²) in [4.78, 5) is 31.8. The van der Waals surface area contributed by atoms with Gasteiger partial charge in [-0.15, -0.1) is 0 Å². The van der Waals surface area contributed by atoms with Crippen LogP contribution in [0.5, 0.6) is 11.5 Å².